The fraction of sp³-hybridized carbons (Fsp3) is 0.217. The summed E-state index contributed by atoms with van der Waals surface area (Å²) in [5.41, 5.74) is 3.67. The third kappa shape index (κ3) is 4.49. The molecule has 5 heteroatoms. The summed E-state index contributed by atoms with van der Waals surface area (Å²) in [5, 5.41) is 11.0. The van der Waals surface area contributed by atoms with Gasteiger partial charge < -0.3 is 16.0 Å². The van der Waals surface area contributed by atoms with Crippen molar-refractivity contribution in [3.63, 3.8) is 0 Å². The molecule has 0 heterocycles. The number of hydrogen-bond acceptors (Lipinski definition) is 3. The molecule has 0 saturated heterocycles. The Morgan fingerprint density at radius 1 is 0.893 bits per heavy atom. The third-order valence-electron chi connectivity index (χ3n) is 4.72. The number of para-hydroxylation sites is 1. The zero-order chi connectivity index (χ0) is 20.1. The summed E-state index contributed by atoms with van der Waals surface area (Å²) in [6, 6.07) is 19.3. The van der Waals surface area contributed by atoms with Gasteiger partial charge in [-0.1, -0.05) is 54.6 Å². The number of aryl methyl sites for hydroxylation is 2. The van der Waals surface area contributed by atoms with Crippen LogP contribution in [0.5, 0.6) is 0 Å². The second kappa shape index (κ2) is 8.57. The predicted octanol–water partition coefficient (Wildman–Crippen LogP) is 4.01. The first-order valence-electron chi connectivity index (χ1n) is 9.34. The molecular weight excluding hydrogens is 350 g/mol. The van der Waals surface area contributed by atoms with Crippen LogP contribution in [0.25, 0.3) is 10.8 Å². The van der Waals surface area contributed by atoms with E-state index in [1.54, 1.807) is 6.92 Å². The highest BCUT2D eigenvalue weighted by atomic mass is 16.2. The first kappa shape index (κ1) is 19.4. The zero-order valence-corrected chi connectivity index (χ0v) is 16.4. The standard InChI is InChI=1S/C23H25N3O2/c1-15-8-6-9-16(2)22(15)26-21(27)14-24-23(28)17(3)25-20-13-7-11-18-10-4-5-12-19(18)20/h4-13,17,25H,14H2,1-3H3,(H,24,28)(H,26,27)/t17-/m0/s1. The molecule has 0 unspecified atom stereocenters. The Morgan fingerprint density at radius 3 is 2.29 bits per heavy atom. The van der Waals surface area contributed by atoms with Gasteiger partial charge in [-0.2, -0.15) is 0 Å². The molecule has 5 nitrogen and oxygen atoms in total. The van der Waals surface area contributed by atoms with E-state index in [9.17, 15) is 9.59 Å². The summed E-state index contributed by atoms with van der Waals surface area (Å²) in [6.07, 6.45) is 0. The van der Waals surface area contributed by atoms with Crippen molar-refractivity contribution in [2.24, 2.45) is 0 Å². The molecule has 2 amide bonds. The summed E-state index contributed by atoms with van der Waals surface area (Å²) in [5.74, 6) is -0.479. The van der Waals surface area contributed by atoms with E-state index in [1.807, 2.05) is 74.5 Å². The van der Waals surface area contributed by atoms with E-state index in [4.69, 9.17) is 0 Å². The first-order chi connectivity index (χ1) is 13.5. The van der Waals surface area contributed by atoms with Crippen molar-refractivity contribution in [2.75, 3.05) is 17.2 Å². The molecule has 3 N–H and O–H groups in total. The van der Waals surface area contributed by atoms with Crippen LogP contribution in [0.3, 0.4) is 0 Å². The van der Waals surface area contributed by atoms with Crippen molar-refractivity contribution in [1.29, 1.82) is 0 Å². The highest BCUT2D eigenvalue weighted by Gasteiger charge is 2.15. The van der Waals surface area contributed by atoms with Crippen molar-refractivity contribution in [2.45, 2.75) is 26.8 Å². The van der Waals surface area contributed by atoms with Gasteiger partial charge in [-0.15, -0.1) is 0 Å². The van der Waals surface area contributed by atoms with Crippen LogP contribution in [0.1, 0.15) is 18.1 Å². The number of hydrogen-bond donors (Lipinski definition) is 3. The summed E-state index contributed by atoms with van der Waals surface area (Å²) < 4.78 is 0. The van der Waals surface area contributed by atoms with Crippen LogP contribution in [0.15, 0.2) is 60.7 Å². The Balaban J connectivity index is 1.58. The van der Waals surface area contributed by atoms with E-state index >= 15 is 0 Å². The van der Waals surface area contributed by atoms with E-state index in [2.05, 4.69) is 16.0 Å². The summed E-state index contributed by atoms with van der Waals surface area (Å²) in [6.45, 7) is 5.59. The second-order valence-electron chi connectivity index (χ2n) is 6.93. The minimum atomic E-state index is -0.473. The quantitative estimate of drug-likeness (QED) is 0.610. The van der Waals surface area contributed by atoms with E-state index in [-0.39, 0.29) is 18.4 Å². The number of benzene rings is 3. The number of carbonyl (C=O) groups is 2. The van der Waals surface area contributed by atoms with E-state index in [0.717, 1.165) is 33.3 Å². The molecule has 144 valence electrons. The molecule has 0 aliphatic carbocycles. The van der Waals surface area contributed by atoms with Gasteiger partial charge >= 0.3 is 0 Å². The van der Waals surface area contributed by atoms with Crippen molar-refractivity contribution >= 4 is 34.0 Å². The Kier molecular flexibility index (Phi) is 5.94. The number of nitrogens with one attached hydrogen (secondary N) is 3. The van der Waals surface area contributed by atoms with Crippen LogP contribution in [0.2, 0.25) is 0 Å². The molecule has 0 aliphatic heterocycles. The molecule has 0 aliphatic rings. The van der Waals surface area contributed by atoms with Crippen LogP contribution in [0, 0.1) is 13.8 Å². The molecule has 28 heavy (non-hydrogen) atoms. The Hall–Kier alpha value is -3.34. The van der Waals surface area contributed by atoms with Crippen LogP contribution in [-0.2, 0) is 9.59 Å². The van der Waals surface area contributed by atoms with Gasteiger partial charge in [0.25, 0.3) is 0 Å². The molecule has 1 atom stereocenters. The molecule has 0 spiro atoms. The lowest BCUT2D eigenvalue weighted by Gasteiger charge is -2.17. The topological polar surface area (TPSA) is 70.2 Å². The molecular formula is C23H25N3O2. The van der Waals surface area contributed by atoms with Crippen molar-refractivity contribution < 1.29 is 9.59 Å². The number of rotatable bonds is 6. The van der Waals surface area contributed by atoms with E-state index in [1.165, 1.54) is 0 Å². The van der Waals surface area contributed by atoms with Gasteiger partial charge in [0.05, 0.1) is 6.54 Å². The maximum atomic E-state index is 12.4. The average molecular weight is 375 g/mol. The van der Waals surface area contributed by atoms with Crippen LogP contribution in [0.4, 0.5) is 11.4 Å². The lowest BCUT2D eigenvalue weighted by atomic mass is 10.1. The lowest BCUT2D eigenvalue weighted by molar-refractivity contribution is -0.124. The minimum absolute atomic E-state index is 0.0752. The Bertz CT molecular complexity index is 988. The van der Waals surface area contributed by atoms with Gasteiger partial charge in [-0.25, -0.2) is 0 Å². The minimum Gasteiger partial charge on any atom is -0.373 e. The normalized spacial score (nSPS) is 11.7. The van der Waals surface area contributed by atoms with E-state index < -0.39 is 6.04 Å². The number of fused-ring (bicyclic) bond motifs is 1. The molecule has 3 rings (SSSR count). The Morgan fingerprint density at radius 2 is 1.54 bits per heavy atom. The Labute approximate surface area is 165 Å². The van der Waals surface area contributed by atoms with Crippen LogP contribution >= 0.6 is 0 Å². The van der Waals surface area contributed by atoms with Crippen LogP contribution in [-0.4, -0.2) is 24.4 Å². The second-order valence-corrected chi connectivity index (χ2v) is 6.93. The molecule has 0 radical (unpaired) electrons. The van der Waals surface area contributed by atoms with Gasteiger partial charge in [0.15, 0.2) is 0 Å². The van der Waals surface area contributed by atoms with Gasteiger partial charge in [-0.3, -0.25) is 9.59 Å². The predicted molar refractivity (Wildman–Crippen MR) is 115 cm³/mol. The van der Waals surface area contributed by atoms with Gasteiger partial charge in [-0.05, 0) is 43.4 Å². The third-order valence-corrected chi connectivity index (χ3v) is 4.72. The van der Waals surface area contributed by atoms with Crippen molar-refractivity contribution in [3.8, 4) is 0 Å². The summed E-state index contributed by atoms with van der Waals surface area (Å²) in [4.78, 5) is 24.7. The van der Waals surface area contributed by atoms with Crippen molar-refractivity contribution in [1.82, 2.24) is 5.32 Å². The number of anilines is 2. The van der Waals surface area contributed by atoms with Gasteiger partial charge in [0.2, 0.25) is 11.8 Å². The smallest absolute Gasteiger partial charge is 0.243 e. The van der Waals surface area contributed by atoms with E-state index in [0.29, 0.717) is 0 Å². The van der Waals surface area contributed by atoms with Gasteiger partial charge in [0, 0.05) is 16.8 Å². The highest BCUT2D eigenvalue weighted by molar-refractivity contribution is 5.98. The number of carbonyl (C=O) groups excluding carboxylic acids is 2. The fourth-order valence-corrected chi connectivity index (χ4v) is 3.17. The highest BCUT2D eigenvalue weighted by Crippen LogP contribution is 2.23. The van der Waals surface area contributed by atoms with Crippen LogP contribution < -0.4 is 16.0 Å². The molecule has 3 aromatic rings. The first-order valence-corrected chi connectivity index (χ1v) is 9.34. The SMILES string of the molecule is Cc1cccc(C)c1NC(=O)CNC(=O)[C@H](C)Nc1cccc2ccccc12. The molecule has 0 saturated carbocycles. The average Bonchev–Trinajstić information content (AvgIpc) is 2.69. The lowest BCUT2D eigenvalue weighted by Crippen LogP contribution is -2.41. The number of amides is 2. The summed E-state index contributed by atoms with van der Waals surface area (Å²) >= 11 is 0. The fourth-order valence-electron chi connectivity index (χ4n) is 3.17. The molecule has 3 aromatic carbocycles. The molecule has 0 fully saturated rings. The largest absolute Gasteiger partial charge is 0.373 e. The van der Waals surface area contributed by atoms with Gasteiger partial charge in [0.1, 0.15) is 6.04 Å². The monoisotopic (exact) mass is 375 g/mol. The maximum absolute atomic E-state index is 12.4. The molecule has 0 bridgehead atoms. The molecule has 0 aromatic heterocycles. The maximum Gasteiger partial charge on any atom is 0.243 e. The summed E-state index contributed by atoms with van der Waals surface area (Å²) in [7, 11) is 0. The zero-order valence-electron chi connectivity index (χ0n) is 16.4. The van der Waals surface area contributed by atoms with Crippen molar-refractivity contribution in [3.05, 3.63) is 71.8 Å².